The maximum Gasteiger partial charge on any atom is 0.346 e. The van der Waals surface area contributed by atoms with Crippen LogP contribution in [-0.4, -0.2) is 34.8 Å². The number of aryl methyl sites for hydroxylation is 1. The van der Waals surface area contributed by atoms with E-state index >= 15 is 0 Å². The molecule has 0 radical (unpaired) electrons. The molecule has 4 aromatic rings. The summed E-state index contributed by atoms with van der Waals surface area (Å²) in [6.45, 7) is 4.66. The van der Waals surface area contributed by atoms with E-state index in [-0.39, 0.29) is 0 Å². The Morgan fingerprint density at radius 3 is 2.58 bits per heavy atom. The molecule has 1 aliphatic heterocycles. The average molecular weight is 441 g/mol. The van der Waals surface area contributed by atoms with Gasteiger partial charge < -0.3 is 14.6 Å². The first kappa shape index (κ1) is 20.8. The summed E-state index contributed by atoms with van der Waals surface area (Å²) < 4.78 is 7.53. The minimum Gasteiger partial charge on any atom is -0.497 e. The number of hydrazone groups is 1. The van der Waals surface area contributed by atoms with Crippen molar-refractivity contribution in [3.05, 3.63) is 77.9 Å². The van der Waals surface area contributed by atoms with Crippen molar-refractivity contribution in [2.24, 2.45) is 5.10 Å². The number of fused-ring (bicyclic) bond motifs is 3. The molecule has 166 valence electrons. The molecule has 1 unspecified atom stereocenters. The normalized spacial score (nSPS) is 18.6. The van der Waals surface area contributed by atoms with Gasteiger partial charge in [-0.25, -0.2) is 4.79 Å². The number of benzene rings is 3. The molecule has 7 nitrogen and oxygen atoms in total. The zero-order chi connectivity index (χ0) is 23.2. The van der Waals surface area contributed by atoms with E-state index in [9.17, 15) is 9.59 Å². The number of hydrogen-bond donors (Lipinski definition) is 1. The number of para-hydroxylation sites is 1. The van der Waals surface area contributed by atoms with Gasteiger partial charge in [0, 0.05) is 28.4 Å². The van der Waals surface area contributed by atoms with Crippen molar-refractivity contribution >= 4 is 40.0 Å². The highest BCUT2D eigenvalue weighted by atomic mass is 16.5. The Morgan fingerprint density at radius 1 is 1.00 bits per heavy atom. The summed E-state index contributed by atoms with van der Waals surface area (Å²) in [5, 5.41) is 10.2. The summed E-state index contributed by atoms with van der Waals surface area (Å²) in [6, 6.07) is 20.8. The number of imide groups is 1. The summed E-state index contributed by atoms with van der Waals surface area (Å²) in [6.07, 6.45) is 1.55. The van der Waals surface area contributed by atoms with Gasteiger partial charge in [0.25, 0.3) is 5.91 Å². The van der Waals surface area contributed by atoms with Gasteiger partial charge in [-0.2, -0.15) is 5.10 Å². The number of nitrogens with zero attached hydrogens (tertiary/aromatic N) is 3. The molecule has 5 rings (SSSR count). The average Bonchev–Trinajstić information content (AvgIpc) is 3.28. The van der Waals surface area contributed by atoms with Gasteiger partial charge in [-0.1, -0.05) is 36.4 Å². The molecular weight excluding hydrogens is 416 g/mol. The van der Waals surface area contributed by atoms with Crippen molar-refractivity contribution in [1.29, 1.82) is 0 Å². The monoisotopic (exact) mass is 440 g/mol. The Bertz CT molecular complexity index is 1440. The van der Waals surface area contributed by atoms with Gasteiger partial charge in [0.15, 0.2) is 0 Å². The summed E-state index contributed by atoms with van der Waals surface area (Å²) in [5.74, 6) is 0.165. The van der Waals surface area contributed by atoms with Crippen LogP contribution in [0.25, 0.3) is 21.8 Å². The van der Waals surface area contributed by atoms with Crippen LogP contribution >= 0.6 is 0 Å². The predicted octanol–water partition coefficient (Wildman–Crippen LogP) is 4.62. The van der Waals surface area contributed by atoms with Crippen molar-refractivity contribution < 1.29 is 14.3 Å². The zero-order valence-electron chi connectivity index (χ0n) is 18.7. The van der Waals surface area contributed by atoms with Crippen LogP contribution in [0.3, 0.4) is 0 Å². The highest BCUT2D eigenvalue weighted by Crippen LogP contribution is 2.32. The highest BCUT2D eigenvalue weighted by Gasteiger charge is 2.49. The Balaban J connectivity index is 1.48. The molecule has 3 aromatic carbocycles. The summed E-state index contributed by atoms with van der Waals surface area (Å²) in [7, 11) is 1.56. The van der Waals surface area contributed by atoms with E-state index in [4.69, 9.17) is 4.74 Å². The topological polar surface area (TPSA) is 75.9 Å². The van der Waals surface area contributed by atoms with Crippen molar-refractivity contribution in [3.8, 4) is 5.75 Å². The molecule has 0 spiro atoms. The first-order chi connectivity index (χ1) is 16.0. The van der Waals surface area contributed by atoms with Gasteiger partial charge >= 0.3 is 6.03 Å². The Morgan fingerprint density at radius 2 is 1.79 bits per heavy atom. The molecular formula is C26H24N4O3. The second-order valence-electron chi connectivity index (χ2n) is 8.19. The molecule has 0 saturated carbocycles. The molecule has 33 heavy (non-hydrogen) atoms. The fourth-order valence-electron chi connectivity index (χ4n) is 4.48. The number of nitrogens with one attached hydrogen (secondary N) is 1. The van der Waals surface area contributed by atoms with E-state index in [2.05, 4.69) is 34.0 Å². The lowest BCUT2D eigenvalue weighted by Gasteiger charge is -2.21. The van der Waals surface area contributed by atoms with Crippen molar-refractivity contribution in [1.82, 2.24) is 14.9 Å². The smallest absolute Gasteiger partial charge is 0.346 e. The Hall–Kier alpha value is -4.13. The van der Waals surface area contributed by atoms with E-state index in [0.29, 0.717) is 11.3 Å². The van der Waals surface area contributed by atoms with Crippen LogP contribution in [0, 0.1) is 0 Å². The lowest BCUT2D eigenvalue weighted by Crippen LogP contribution is -2.40. The summed E-state index contributed by atoms with van der Waals surface area (Å²) in [5.41, 5.74) is 2.52. The molecule has 1 aromatic heterocycles. The third-order valence-corrected chi connectivity index (χ3v) is 6.25. The number of hydrogen-bond acceptors (Lipinski definition) is 4. The number of carbonyl (C=O) groups is 2. The number of carbonyl (C=O) groups excluding carboxylic acids is 2. The standard InChI is InChI=1S/C26H24N4O3/c1-4-29-22-11-6-5-10-20(22)21-14-17(12-13-23(21)29)16-27-30-24(31)26(2,28-25(30)32)18-8-7-9-19(15-18)33-3/h5-16H,4H2,1-3H3,(H,28,32)/b27-16+. The molecule has 1 N–H and O–H groups in total. The zero-order valence-corrected chi connectivity index (χ0v) is 18.7. The molecule has 1 fully saturated rings. The second-order valence-corrected chi connectivity index (χ2v) is 8.19. The van der Waals surface area contributed by atoms with Crippen LogP contribution in [0.15, 0.2) is 71.8 Å². The maximum absolute atomic E-state index is 13.2. The Labute approximate surface area is 191 Å². The van der Waals surface area contributed by atoms with Crippen LogP contribution in [-0.2, 0) is 16.9 Å². The first-order valence-corrected chi connectivity index (χ1v) is 10.8. The molecule has 1 saturated heterocycles. The minimum absolute atomic E-state index is 0.444. The van der Waals surface area contributed by atoms with Gasteiger partial charge in [0.1, 0.15) is 11.3 Å². The molecule has 0 aliphatic carbocycles. The van der Waals surface area contributed by atoms with Gasteiger partial charge in [0.2, 0.25) is 0 Å². The summed E-state index contributed by atoms with van der Waals surface area (Å²) >= 11 is 0. The number of methoxy groups -OCH3 is 1. The fraction of sp³-hybridized carbons (Fsp3) is 0.192. The minimum atomic E-state index is -1.22. The third kappa shape index (κ3) is 3.24. The molecule has 2 heterocycles. The van der Waals surface area contributed by atoms with Crippen LogP contribution < -0.4 is 10.1 Å². The number of ether oxygens (including phenoxy) is 1. The van der Waals surface area contributed by atoms with E-state index < -0.39 is 17.5 Å². The van der Waals surface area contributed by atoms with E-state index in [1.165, 1.54) is 5.52 Å². The summed E-state index contributed by atoms with van der Waals surface area (Å²) in [4.78, 5) is 25.8. The molecule has 0 bridgehead atoms. The van der Waals surface area contributed by atoms with Crippen LogP contribution in [0.2, 0.25) is 0 Å². The number of rotatable bonds is 5. The number of aromatic nitrogens is 1. The van der Waals surface area contributed by atoms with E-state index in [1.807, 2.05) is 30.3 Å². The van der Waals surface area contributed by atoms with Gasteiger partial charge in [-0.05, 0) is 55.3 Å². The van der Waals surface area contributed by atoms with Crippen LogP contribution in [0.5, 0.6) is 5.75 Å². The molecule has 7 heteroatoms. The molecule has 1 aliphatic rings. The van der Waals surface area contributed by atoms with Gasteiger partial charge in [-0.3, -0.25) is 4.79 Å². The fourth-order valence-corrected chi connectivity index (χ4v) is 4.48. The third-order valence-electron chi connectivity index (χ3n) is 6.25. The van der Waals surface area contributed by atoms with E-state index in [1.54, 1.807) is 44.5 Å². The number of amides is 3. The predicted molar refractivity (Wildman–Crippen MR) is 128 cm³/mol. The van der Waals surface area contributed by atoms with E-state index in [0.717, 1.165) is 33.4 Å². The quantitative estimate of drug-likeness (QED) is 0.363. The second kappa shape index (κ2) is 7.78. The van der Waals surface area contributed by atoms with Crippen molar-refractivity contribution in [2.45, 2.75) is 25.9 Å². The maximum atomic E-state index is 13.2. The van der Waals surface area contributed by atoms with Crippen molar-refractivity contribution in [3.63, 3.8) is 0 Å². The first-order valence-electron chi connectivity index (χ1n) is 10.8. The number of urea groups is 1. The van der Waals surface area contributed by atoms with Gasteiger partial charge in [0.05, 0.1) is 13.3 Å². The SMILES string of the molecule is CCn1c2ccccc2c2cc(/C=N/N3C(=O)NC(C)(c4cccc(OC)c4)C3=O)ccc21. The Kier molecular flexibility index (Phi) is 4.89. The highest BCUT2D eigenvalue weighted by molar-refractivity contribution is 6.10. The molecule has 1 atom stereocenters. The largest absolute Gasteiger partial charge is 0.497 e. The van der Waals surface area contributed by atoms with Gasteiger partial charge in [-0.15, -0.1) is 5.01 Å². The van der Waals surface area contributed by atoms with Crippen LogP contribution in [0.1, 0.15) is 25.0 Å². The lowest BCUT2D eigenvalue weighted by atomic mass is 9.92. The molecule has 3 amide bonds. The van der Waals surface area contributed by atoms with Crippen molar-refractivity contribution in [2.75, 3.05) is 7.11 Å². The van der Waals surface area contributed by atoms with Crippen LogP contribution in [0.4, 0.5) is 4.79 Å². The lowest BCUT2D eigenvalue weighted by molar-refractivity contribution is -0.131.